The minimum absolute atomic E-state index is 0.225. The van der Waals surface area contributed by atoms with Crippen LogP contribution in [0, 0.1) is 6.92 Å². The zero-order chi connectivity index (χ0) is 17.2. The van der Waals surface area contributed by atoms with Crippen molar-refractivity contribution >= 4 is 5.82 Å². The van der Waals surface area contributed by atoms with Gasteiger partial charge >= 0.3 is 0 Å². The SMILES string of the molecule is Cc1cc(NCCN2C3CCC2COC3)nnc1-c1ccccc1O. The first kappa shape index (κ1) is 16.3. The summed E-state index contributed by atoms with van der Waals surface area (Å²) in [7, 11) is 0. The lowest BCUT2D eigenvalue weighted by Gasteiger charge is -2.34. The highest BCUT2D eigenvalue weighted by atomic mass is 16.5. The van der Waals surface area contributed by atoms with E-state index in [0.29, 0.717) is 17.6 Å². The van der Waals surface area contributed by atoms with Gasteiger partial charge in [-0.25, -0.2) is 0 Å². The number of phenols is 1. The third-order valence-corrected chi connectivity index (χ3v) is 5.21. The highest BCUT2D eigenvalue weighted by Crippen LogP contribution is 2.30. The second-order valence-electron chi connectivity index (χ2n) is 6.87. The Morgan fingerprint density at radius 1 is 1.20 bits per heavy atom. The number of benzene rings is 1. The van der Waals surface area contributed by atoms with Crippen LogP contribution in [0.25, 0.3) is 11.3 Å². The molecule has 132 valence electrons. The third-order valence-electron chi connectivity index (χ3n) is 5.21. The molecular formula is C19H24N4O2. The summed E-state index contributed by atoms with van der Waals surface area (Å²) in [5.41, 5.74) is 2.42. The quantitative estimate of drug-likeness (QED) is 0.871. The standard InChI is InChI=1S/C19H24N4O2/c1-13-10-18(21-22-19(13)16-4-2-3-5-17(16)24)20-8-9-23-14-6-7-15(23)12-25-11-14/h2-5,10,14-15,24H,6-9,11-12H2,1H3,(H,20,21). The topological polar surface area (TPSA) is 70.5 Å². The average Bonchev–Trinajstić information content (AvgIpc) is 2.83. The van der Waals surface area contributed by atoms with E-state index in [1.54, 1.807) is 12.1 Å². The molecular weight excluding hydrogens is 316 g/mol. The fourth-order valence-electron chi connectivity index (χ4n) is 3.90. The summed E-state index contributed by atoms with van der Waals surface area (Å²) in [6.45, 7) is 5.57. The number of nitrogens with one attached hydrogen (secondary N) is 1. The minimum Gasteiger partial charge on any atom is -0.507 e. The molecule has 2 bridgehead atoms. The van der Waals surface area contributed by atoms with Crippen molar-refractivity contribution in [3.05, 3.63) is 35.9 Å². The largest absolute Gasteiger partial charge is 0.507 e. The maximum atomic E-state index is 10.00. The summed E-state index contributed by atoms with van der Waals surface area (Å²) in [6, 6.07) is 10.4. The third kappa shape index (κ3) is 3.32. The number of aromatic nitrogens is 2. The molecule has 4 rings (SSSR count). The molecule has 2 saturated heterocycles. The van der Waals surface area contributed by atoms with Gasteiger partial charge in [-0.3, -0.25) is 4.90 Å². The van der Waals surface area contributed by atoms with Gasteiger partial charge in [-0.2, -0.15) is 0 Å². The second-order valence-corrected chi connectivity index (χ2v) is 6.87. The van der Waals surface area contributed by atoms with E-state index in [2.05, 4.69) is 20.4 Å². The zero-order valence-electron chi connectivity index (χ0n) is 14.5. The number of aryl methyl sites for hydroxylation is 1. The summed E-state index contributed by atoms with van der Waals surface area (Å²) in [5, 5.41) is 22.0. The highest BCUT2D eigenvalue weighted by Gasteiger charge is 2.36. The van der Waals surface area contributed by atoms with Crippen molar-refractivity contribution in [3.63, 3.8) is 0 Å². The Morgan fingerprint density at radius 3 is 2.68 bits per heavy atom. The molecule has 0 radical (unpaired) electrons. The summed E-state index contributed by atoms with van der Waals surface area (Å²) in [5.74, 6) is 1.00. The molecule has 2 atom stereocenters. The number of ether oxygens (including phenoxy) is 1. The van der Waals surface area contributed by atoms with Gasteiger partial charge in [-0.05, 0) is 43.5 Å². The molecule has 0 saturated carbocycles. The molecule has 0 aliphatic carbocycles. The number of rotatable bonds is 5. The molecule has 2 aromatic rings. The Kier molecular flexibility index (Phi) is 4.55. The van der Waals surface area contributed by atoms with E-state index in [0.717, 1.165) is 43.4 Å². The van der Waals surface area contributed by atoms with Gasteiger partial charge < -0.3 is 15.2 Å². The smallest absolute Gasteiger partial charge is 0.148 e. The molecule has 1 aromatic heterocycles. The Bertz CT molecular complexity index is 736. The predicted molar refractivity (Wildman–Crippen MR) is 96.7 cm³/mol. The predicted octanol–water partition coefficient (Wildman–Crippen LogP) is 2.43. The van der Waals surface area contributed by atoms with Crippen molar-refractivity contribution in [2.45, 2.75) is 31.8 Å². The maximum absolute atomic E-state index is 10.00. The highest BCUT2D eigenvalue weighted by molar-refractivity contribution is 5.69. The van der Waals surface area contributed by atoms with Gasteiger partial charge in [-0.15, -0.1) is 10.2 Å². The normalized spacial score (nSPS) is 22.9. The number of aromatic hydroxyl groups is 1. The second kappa shape index (κ2) is 6.98. The van der Waals surface area contributed by atoms with Crippen LogP contribution in [0.3, 0.4) is 0 Å². The average molecular weight is 340 g/mol. The molecule has 6 nitrogen and oxygen atoms in total. The van der Waals surface area contributed by atoms with Crippen LogP contribution in [0.1, 0.15) is 18.4 Å². The summed E-state index contributed by atoms with van der Waals surface area (Å²) < 4.78 is 5.63. The number of morpholine rings is 1. The first-order chi connectivity index (χ1) is 12.2. The van der Waals surface area contributed by atoms with Gasteiger partial charge in [0.25, 0.3) is 0 Å². The lowest BCUT2D eigenvalue weighted by Crippen LogP contribution is -2.47. The van der Waals surface area contributed by atoms with Crippen molar-refractivity contribution in [1.29, 1.82) is 0 Å². The van der Waals surface area contributed by atoms with E-state index in [9.17, 15) is 5.11 Å². The van der Waals surface area contributed by atoms with Crippen molar-refractivity contribution < 1.29 is 9.84 Å². The van der Waals surface area contributed by atoms with Crippen molar-refractivity contribution in [1.82, 2.24) is 15.1 Å². The number of para-hydroxylation sites is 1. The van der Waals surface area contributed by atoms with Crippen LogP contribution < -0.4 is 5.32 Å². The van der Waals surface area contributed by atoms with Gasteiger partial charge in [0.2, 0.25) is 0 Å². The molecule has 2 unspecified atom stereocenters. The van der Waals surface area contributed by atoms with Crippen LogP contribution >= 0.6 is 0 Å². The van der Waals surface area contributed by atoms with Gasteiger partial charge in [-0.1, -0.05) is 12.1 Å². The number of phenolic OH excluding ortho intramolecular Hbond substituents is 1. The minimum atomic E-state index is 0.225. The summed E-state index contributed by atoms with van der Waals surface area (Å²) in [6.07, 6.45) is 2.50. The molecule has 25 heavy (non-hydrogen) atoms. The van der Waals surface area contributed by atoms with Crippen LogP contribution in [0.4, 0.5) is 5.82 Å². The zero-order valence-corrected chi connectivity index (χ0v) is 14.5. The monoisotopic (exact) mass is 340 g/mol. The Hall–Kier alpha value is -2.18. The van der Waals surface area contributed by atoms with E-state index >= 15 is 0 Å². The maximum Gasteiger partial charge on any atom is 0.148 e. The molecule has 3 heterocycles. The Morgan fingerprint density at radius 2 is 1.96 bits per heavy atom. The molecule has 2 aliphatic rings. The number of hydrogen-bond acceptors (Lipinski definition) is 6. The van der Waals surface area contributed by atoms with Gasteiger partial charge in [0.05, 0.1) is 18.9 Å². The number of fused-ring (bicyclic) bond motifs is 2. The van der Waals surface area contributed by atoms with E-state index < -0.39 is 0 Å². The van der Waals surface area contributed by atoms with E-state index in [1.807, 2.05) is 25.1 Å². The molecule has 6 heteroatoms. The summed E-state index contributed by atoms with van der Waals surface area (Å²) in [4.78, 5) is 2.56. The van der Waals surface area contributed by atoms with E-state index in [-0.39, 0.29) is 5.75 Å². The molecule has 2 N–H and O–H groups in total. The summed E-state index contributed by atoms with van der Waals surface area (Å²) >= 11 is 0. The van der Waals surface area contributed by atoms with Crippen molar-refractivity contribution in [2.75, 3.05) is 31.6 Å². The number of anilines is 1. The number of nitrogens with zero attached hydrogens (tertiary/aromatic N) is 3. The van der Waals surface area contributed by atoms with Crippen LogP contribution in [0.2, 0.25) is 0 Å². The number of hydrogen-bond donors (Lipinski definition) is 2. The molecule has 0 amide bonds. The first-order valence-corrected chi connectivity index (χ1v) is 8.92. The van der Waals surface area contributed by atoms with Crippen LogP contribution in [0.15, 0.2) is 30.3 Å². The van der Waals surface area contributed by atoms with Gasteiger partial charge in [0, 0.05) is 30.7 Å². The fraction of sp³-hybridized carbons (Fsp3) is 0.474. The Balaban J connectivity index is 1.39. The van der Waals surface area contributed by atoms with Crippen molar-refractivity contribution in [2.24, 2.45) is 0 Å². The molecule has 1 aromatic carbocycles. The Labute approximate surface area is 147 Å². The fourth-order valence-corrected chi connectivity index (χ4v) is 3.90. The van der Waals surface area contributed by atoms with E-state index in [1.165, 1.54) is 12.8 Å². The first-order valence-electron chi connectivity index (χ1n) is 8.92. The molecule has 0 spiro atoms. The molecule has 2 fully saturated rings. The van der Waals surface area contributed by atoms with E-state index in [4.69, 9.17) is 4.74 Å². The lowest BCUT2D eigenvalue weighted by atomic mass is 10.1. The van der Waals surface area contributed by atoms with Crippen LogP contribution in [-0.2, 0) is 4.74 Å². The van der Waals surface area contributed by atoms with Crippen molar-refractivity contribution in [3.8, 4) is 17.0 Å². The van der Waals surface area contributed by atoms with Gasteiger partial charge in [0.15, 0.2) is 0 Å². The van der Waals surface area contributed by atoms with Crippen LogP contribution in [-0.4, -0.2) is 58.6 Å². The van der Waals surface area contributed by atoms with Crippen LogP contribution in [0.5, 0.6) is 5.75 Å². The van der Waals surface area contributed by atoms with Gasteiger partial charge in [0.1, 0.15) is 11.6 Å². The molecule has 2 aliphatic heterocycles. The lowest BCUT2D eigenvalue weighted by molar-refractivity contribution is -0.0123.